The predicted molar refractivity (Wildman–Crippen MR) is 108 cm³/mol. The first-order chi connectivity index (χ1) is 14.1. The van der Waals surface area contributed by atoms with E-state index in [1.54, 1.807) is 14.0 Å². The molecule has 8 heteroatoms. The van der Waals surface area contributed by atoms with Crippen LogP contribution in [0.4, 0.5) is 0 Å². The molecular weight excluding hydrogens is 372 g/mol. The van der Waals surface area contributed by atoms with Crippen LogP contribution in [0.1, 0.15) is 40.6 Å². The fourth-order valence-corrected chi connectivity index (χ4v) is 3.94. The second-order valence-corrected chi connectivity index (χ2v) is 7.19. The molecule has 3 aromatic rings. The van der Waals surface area contributed by atoms with Crippen molar-refractivity contribution in [2.75, 3.05) is 26.7 Å². The fraction of sp³-hybridized carbons (Fsp3) is 0.381. The molecule has 152 valence electrons. The molecule has 29 heavy (non-hydrogen) atoms. The third-order valence-corrected chi connectivity index (χ3v) is 5.44. The quantitative estimate of drug-likeness (QED) is 0.664. The number of carbonyl (C=O) groups is 1. The zero-order valence-corrected chi connectivity index (χ0v) is 16.5. The Hall–Kier alpha value is -3.13. The molecule has 8 nitrogen and oxygen atoms in total. The lowest BCUT2D eigenvalue weighted by Gasteiger charge is -2.28. The standard InChI is InChI=1S/C21H24N4O4/c1-13-17(18-20(27)23-12-24-21(18)29-13)19(26)22-11-16(25-9-3-4-10-25)14-5-7-15(28-2)8-6-14/h5-8,12,16H,3-4,9-11H2,1-2H3,(H,22,26)(H,23,24,27). The molecule has 1 atom stereocenters. The summed E-state index contributed by atoms with van der Waals surface area (Å²) in [5.74, 6) is 0.839. The van der Waals surface area contributed by atoms with Gasteiger partial charge in [0.1, 0.15) is 16.9 Å². The number of aromatic amines is 1. The number of ether oxygens (including phenoxy) is 1. The number of methoxy groups -OCH3 is 1. The lowest BCUT2D eigenvalue weighted by molar-refractivity contribution is 0.0937. The van der Waals surface area contributed by atoms with E-state index in [4.69, 9.17) is 9.15 Å². The van der Waals surface area contributed by atoms with Crippen molar-refractivity contribution in [2.24, 2.45) is 0 Å². The number of likely N-dealkylation sites (tertiary alicyclic amines) is 1. The van der Waals surface area contributed by atoms with Crippen LogP contribution >= 0.6 is 0 Å². The number of aromatic nitrogens is 2. The van der Waals surface area contributed by atoms with Crippen LogP contribution in [0.2, 0.25) is 0 Å². The van der Waals surface area contributed by atoms with Crippen molar-refractivity contribution < 1.29 is 13.9 Å². The van der Waals surface area contributed by atoms with Gasteiger partial charge in [0.25, 0.3) is 11.5 Å². The van der Waals surface area contributed by atoms with Crippen LogP contribution in [0.3, 0.4) is 0 Å². The Morgan fingerprint density at radius 2 is 2.03 bits per heavy atom. The van der Waals surface area contributed by atoms with Crippen molar-refractivity contribution in [3.05, 3.63) is 57.8 Å². The SMILES string of the molecule is COc1ccc(C(CNC(=O)c2c(C)oc3nc[nH]c(=O)c23)N2CCCC2)cc1. The first kappa shape index (κ1) is 19.2. The van der Waals surface area contributed by atoms with Crippen molar-refractivity contribution in [2.45, 2.75) is 25.8 Å². The van der Waals surface area contributed by atoms with Crippen LogP contribution < -0.4 is 15.6 Å². The first-order valence-corrected chi connectivity index (χ1v) is 9.71. The van der Waals surface area contributed by atoms with Crippen LogP contribution in [0, 0.1) is 6.92 Å². The average molecular weight is 396 g/mol. The molecule has 0 aliphatic carbocycles. The summed E-state index contributed by atoms with van der Waals surface area (Å²) >= 11 is 0. The topological polar surface area (TPSA) is 100 Å². The maximum absolute atomic E-state index is 13.0. The minimum Gasteiger partial charge on any atom is -0.497 e. The highest BCUT2D eigenvalue weighted by Gasteiger charge is 2.26. The molecule has 1 amide bonds. The smallest absolute Gasteiger partial charge is 0.262 e. The molecule has 1 fully saturated rings. The van der Waals surface area contributed by atoms with Gasteiger partial charge in [-0.15, -0.1) is 0 Å². The van der Waals surface area contributed by atoms with Gasteiger partial charge in [0.2, 0.25) is 5.71 Å². The molecule has 4 rings (SSSR count). The van der Waals surface area contributed by atoms with Crippen LogP contribution in [0.25, 0.3) is 11.1 Å². The lowest BCUT2D eigenvalue weighted by atomic mass is 10.0. The van der Waals surface area contributed by atoms with Gasteiger partial charge in [0.05, 0.1) is 25.0 Å². The number of nitrogens with zero attached hydrogens (tertiary/aromatic N) is 2. The molecule has 1 aliphatic heterocycles. The summed E-state index contributed by atoms with van der Waals surface area (Å²) < 4.78 is 10.8. The van der Waals surface area contributed by atoms with Gasteiger partial charge in [-0.05, 0) is 50.6 Å². The molecule has 1 aliphatic rings. The van der Waals surface area contributed by atoms with Crippen LogP contribution in [0.5, 0.6) is 5.75 Å². The van der Waals surface area contributed by atoms with E-state index < -0.39 is 0 Å². The van der Waals surface area contributed by atoms with Crippen molar-refractivity contribution in [3.8, 4) is 5.75 Å². The average Bonchev–Trinajstić information content (AvgIpc) is 3.36. The number of rotatable bonds is 6. The molecule has 3 heterocycles. The highest BCUT2D eigenvalue weighted by molar-refractivity contribution is 6.06. The Morgan fingerprint density at radius 3 is 2.72 bits per heavy atom. The number of H-pyrrole nitrogens is 1. The van der Waals surface area contributed by atoms with E-state index in [0.717, 1.165) is 37.2 Å². The minimum atomic E-state index is -0.386. The summed E-state index contributed by atoms with van der Waals surface area (Å²) in [5.41, 5.74) is 1.14. The summed E-state index contributed by atoms with van der Waals surface area (Å²) in [6.45, 7) is 4.07. The number of amides is 1. The summed E-state index contributed by atoms with van der Waals surface area (Å²) in [4.78, 5) is 34.0. The summed E-state index contributed by atoms with van der Waals surface area (Å²) in [6, 6.07) is 7.96. The number of nitrogens with one attached hydrogen (secondary N) is 2. The molecular formula is C21H24N4O4. The van der Waals surface area contributed by atoms with Crippen LogP contribution in [-0.4, -0.2) is 47.5 Å². The number of furan rings is 1. The molecule has 0 spiro atoms. The summed E-state index contributed by atoms with van der Waals surface area (Å²) in [6.07, 6.45) is 3.56. The lowest BCUT2D eigenvalue weighted by Crippen LogP contribution is -2.37. The number of benzene rings is 1. The fourth-order valence-electron chi connectivity index (χ4n) is 3.94. The van der Waals surface area contributed by atoms with Gasteiger partial charge in [0, 0.05) is 6.54 Å². The maximum atomic E-state index is 13.0. The Labute approximate surface area is 167 Å². The maximum Gasteiger partial charge on any atom is 0.262 e. The molecule has 1 aromatic carbocycles. The van der Waals surface area contributed by atoms with Gasteiger partial charge in [-0.25, -0.2) is 4.98 Å². The highest BCUT2D eigenvalue weighted by atomic mass is 16.5. The highest BCUT2D eigenvalue weighted by Crippen LogP contribution is 2.27. The van der Waals surface area contributed by atoms with Gasteiger partial charge in [-0.1, -0.05) is 12.1 Å². The van der Waals surface area contributed by atoms with Crippen molar-refractivity contribution in [1.82, 2.24) is 20.2 Å². The van der Waals surface area contributed by atoms with E-state index in [1.807, 2.05) is 24.3 Å². The second-order valence-electron chi connectivity index (χ2n) is 7.19. The molecule has 2 aromatic heterocycles. The van der Waals surface area contributed by atoms with Crippen molar-refractivity contribution in [3.63, 3.8) is 0 Å². The molecule has 0 bridgehead atoms. The Balaban J connectivity index is 1.58. The van der Waals surface area contributed by atoms with Crippen molar-refractivity contribution >= 4 is 17.0 Å². The van der Waals surface area contributed by atoms with E-state index in [2.05, 4.69) is 20.2 Å². The number of hydrogen-bond acceptors (Lipinski definition) is 6. The zero-order valence-electron chi connectivity index (χ0n) is 16.5. The van der Waals surface area contributed by atoms with Gasteiger partial charge in [-0.2, -0.15) is 0 Å². The molecule has 1 saturated heterocycles. The van der Waals surface area contributed by atoms with Gasteiger partial charge < -0.3 is 19.5 Å². The Bertz CT molecular complexity index is 1060. The van der Waals surface area contributed by atoms with Crippen molar-refractivity contribution in [1.29, 1.82) is 0 Å². The van der Waals surface area contributed by atoms with Gasteiger partial charge >= 0.3 is 0 Å². The molecule has 1 unspecified atom stereocenters. The number of aryl methyl sites for hydroxylation is 1. The van der Waals surface area contributed by atoms with E-state index in [-0.39, 0.29) is 34.2 Å². The zero-order chi connectivity index (χ0) is 20.4. The first-order valence-electron chi connectivity index (χ1n) is 9.71. The van der Waals surface area contributed by atoms with E-state index >= 15 is 0 Å². The second kappa shape index (κ2) is 8.08. The molecule has 0 radical (unpaired) electrons. The third-order valence-electron chi connectivity index (χ3n) is 5.44. The van der Waals surface area contributed by atoms with Crippen LogP contribution in [0.15, 0.2) is 39.8 Å². The van der Waals surface area contributed by atoms with E-state index in [1.165, 1.54) is 6.33 Å². The summed E-state index contributed by atoms with van der Waals surface area (Å²) in [5, 5.41) is 3.18. The van der Waals surface area contributed by atoms with E-state index in [9.17, 15) is 9.59 Å². The third kappa shape index (κ3) is 3.75. The Kier molecular flexibility index (Phi) is 5.35. The molecule has 0 saturated carbocycles. The number of fused-ring (bicyclic) bond motifs is 1. The minimum absolute atomic E-state index is 0.0437. The number of hydrogen-bond donors (Lipinski definition) is 2. The van der Waals surface area contributed by atoms with Gasteiger partial charge in [0.15, 0.2) is 0 Å². The largest absolute Gasteiger partial charge is 0.497 e. The molecule has 2 N–H and O–H groups in total. The summed E-state index contributed by atoms with van der Waals surface area (Å²) in [7, 11) is 1.64. The monoisotopic (exact) mass is 396 g/mol. The predicted octanol–water partition coefficient (Wildman–Crippen LogP) is 2.40. The van der Waals surface area contributed by atoms with E-state index in [0.29, 0.717) is 12.3 Å². The Morgan fingerprint density at radius 1 is 1.31 bits per heavy atom. The number of carbonyl (C=O) groups excluding carboxylic acids is 1. The van der Waals surface area contributed by atoms with Gasteiger partial charge in [-0.3, -0.25) is 14.5 Å². The van der Waals surface area contributed by atoms with Crippen LogP contribution in [-0.2, 0) is 0 Å². The normalized spacial score (nSPS) is 15.5.